The number of benzene rings is 2. The van der Waals surface area contributed by atoms with E-state index in [4.69, 9.17) is 28.3 Å². The smallest absolute Gasteiger partial charge is 0.269 e. The number of aliphatic hydroxyl groups is 1. The molecule has 0 fully saturated rings. The van der Waals surface area contributed by atoms with Crippen LogP contribution < -0.4 is 10.6 Å². The number of nitrogens with zero attached hydrogens (tertiary/aromatic N) is 1. The molecular formula is C23H22Cl2N4O2. The molecule has 0 radical (unpaired) electrons. The molecule has 0 aliphatic heterocycles. The van der Waals surface area contributed by atoms with Gasteiger partial charge in [-0.1, -0.05) is 47.5 Å². The summed E-state index contributed by atoms with van der Waals surface area (Å²) in [6.45, 7) is 1.86. The monoisotopic (exact) mass is 456 g/mol. The van der Waals surface area contributed by atoms with Gasteiger partial charge in [-0.3, -0.25) is 4.79 Å². The highest BCUT2D eigenvalue weighted by Crippen LogP contribution is 2.35. The number of hydrogen-bond donors (Lipinski definition) is 4. The molecule has 1 amide bonds. The number of amides is 1. The highest BCUT2D eigenvalue weighted by molar-refractivity contribution is 6.42. The van der Waals surface area contributed by atoms with Gasteiger partial charge in [-0.2, -0.15) is 0 Å². The summed E-state index contributed by atoms with van der Waals surface area (Å²) < 4.78 is 0. The lowest BCUT2D eigenvalue weighted by molar-refractivity contribution is 0.0948. The van der Waals surface area contributed by atoms with Gasteiger partial charge in [0.05, 0.1) is 27.9 Å². The zero-order valence-corrected chi connectivity index (χ0v) is 18.2. The Morgan fingerprint density at radius 2 is 1.84 bits per heavy atom. The lowest BCUT2D eigenvalue weighted by Gasteiger charge is -2.09. The van der Waals surface area contributed by atoms with Gasteiger partial charge in [0.2, 0.25) is 0 Å². The number of aromatic nitrogens is 2. The van der Waals surface area contributed by atoms with Gasteiger partial charge in [0, 0.05) is 34.9 Å². The van der Waals surface area contributed by atoms with E-state index in [9.17, 15) is 4.79 Å². The summed E-state index contributed by atoms with van der Waals surface area (Å²) in [5.41, 5.74) is 3.55. The van der Waals surface area contributed by atoms with E-state index in [-0.39, 0.29) is 12.5 Å². The van der Waals surface area contributed by atoms with Gasteiger partial charge in [0.25, 0.3) is 5.91 Å². The topological polar surface area (TPSA) is 90.0 Å². The lowest BCUT2D eigenvalue weighted by atomic mass is 10.1. The number of aromatic amines is 1. The first-order valence-electron chi connectivity index (χ1n) is 10.0. The van der Waals surface area contributed by atoms with Gasteiger partial charge in [-0.15, -0.1) is 0 Å². The van der Waals surface area contributed by atoms with Gasteiger partial charge in [-0.05, 0) is 37.2 Å². The number of hydrogen-bond acceptors (Lipinski definition) is 4. The number of rotatable bonds is 8. The molecule has 0 unspecified atom stereocenters. The maximum absolute atomic E-state index is 12.8. The Morgan fingerprint density at radius 1 is 1.00 bits per heavy atom. The van der Waals surface area contributed by atoms with Crippen LogP contribution in [0.4, 0.5) is 0 Å². The molecule has 4 N–H and O–H groups in total. The molecular weight excluding hydrogens is 435 g/mol. The minimum absolute atomic E-state index is 0.0956. The Hall–Kier alpha value is -2.64. The third-order valence-corrected chi connectivity index (χ3v) is 5.77. The number of H-pyrrole nitrogens is 1. The number of carbonyl (C=O) groups excluding carboxylic acids is 1. The zero-order valence-electron chi connectivity index (χ0n) is 16.7. The first-order valence-corrected chi connectivity index (χ1v) is 10.8. The molecule has 0 bridgehead atoms. The summed E-state index contributed by atoms with van der Waals surface area (Å²) in [5.74, 6) is -0.240. The van der Waals surface area contributed by atoms with Gasteiger partial charge in [-0.25, -0.2) is 4.98 Å². The van der Waals surface area contributed by atoms with E-state index in [0.717, 1.165) is 33.8 Å². The maximum Gasteiger partial charge on any atom is 0.269 e. The standard InChI is InChI=1S/C23H22Cl2N4O2/c24-17-7-6-14(12-18(17)25)21-22-16(15-4-1-2-5-19(15)28-22)13-20(29-21)23(31)27-9-3-8-26-10-11-30/h1-2,4-7,12-13,26,28,30H,3,8-11H2,(H,27,31). The fraction of sp³-hybridized carbons (Fsp3) is 0.217. The van der Waals surface area contributed by atoms with Gasteiger partial charge in [0.15, 0.2) is 0 Å². The highest BCUT2D eigenvalue weighted by atomic mass is 35.5. The Labute approximate surface area is 189 Å². The van der Waals surface area contributed by atoms with Crippen molar-refractivity contribution < 1.29 is 9.90 Å². The first kappa shape index (κ1) is 21.6. The maximum atomic E-state index is 12.8. The predicted molar refractivity (Wildman–Crippen MR) is 126 cm³/mol. The van der Waals surface area contributed by atoms with Crippen LogP contribution in [0.2, 0.25) is 10.0 Å². The fourth-order valence-electron chi connectivity index (χ4n) is 3.52. The second-order valence-electron chi connectivity index (χ2n) is 7.16. The number of nitrogens with one attached hydrogen (secondary N) is 3. The third-order valence-electron chi connectivity index (χ3n) is 5.03. The summed E-state index contributed by atoms with van der Waals surface area (Å²) in [6, 6.07) is 15.1. The van der Waals surface area contributed by atoms with Crippen LogP contribution in [0.3, 0.4) is 0 Å². The Kier molecular flexibility index (Phi) is 6.73. The van der Waals surface area contributed by atoms with Gasteiger partial charge in [0.1, 0.15) is 5.69 Å². The van der Waals surface area contributed by atoms with Crippen molar-refractivity contribution in [3.8, 4) is 11.3 Å². The molecule has 2 aromatic carbocycles. The van der Waals surface area contributed by atoms with Crippen LogP contribution in [0.5, 0.6) is 0 Å². The first-order chi connectivity index (χ1) is 15.1. The third kappa shape index (κ3) is 4.67. The van der Waals surface area contributed by atoms with Crippen LogP contribution in [0.15, 0.2) is 48.5 Å². The second-order valence-corrected chi connectivity index (χ2v) is 7.98. The average Bonchev–Trinajstić information content (AvgIpc) is 3.16. The number of para-hydroxylation sites is 1. The number of pyridine rings is 1. The molecule has 4 rings (SSSR count). The number of carbonyl (C=O) groups is 1. The minimum atomic E-state index is -0.240. The molecule has 0 spiro atoms. The van der Waals surface area contributed by atoms with E-state index in [2.05, 4.69) is 20.6 Å². The van der Waals surface area contributed by atoms with Crippen molar-refractivity contribution in [1.82, 2.24) is 20.6 Å². The van der Waals surface area contributed by atoms with Crippen LogP contribution in [0.1, 0.15) is 16.9 Å². The van der Waals surface area contributed by atoms with Crippen molar-refractivity contribution in [3.05, 3.63) is 64.3 Å². The van der Waals surface area contributed by atoms with E-state index in [0.29, 0.717) is 41.1 Å². The molecule has 0 aliphatic carbocycles. The van der Waals surface area contributed by atoms with Crippen molar-refractivity contribution in [2.24, 2.45) is 0 Å². The summed E-state index contributed by atoms with van der Waals surface area (Å²) in [4.78, 5) is 20.9. The van der Waals surface area contributed by atoms with Crippen molar-refractivity contribution in [2.45, 2.75) is 6.42 Å². The van der Waals surface area contributed by atoms with Crippen molar-refractivity contribution >= 4 is 50.9 Å². The van der Waals surface area contributed by atoms with E-state index >= 15 is 0 Å². The molecule has 4 aromatic rings. The van der Waals surface area contributed by atoms with E-state index in [1.54, 1.807) is 12.1 Å². The predicted octanol–water partition coefficient (Wildman–Crippen LogP) is 4.39. The Balaban J connectivity index is 1.71. The van der Waals surface area contributed by atoms with Crippen LogP contribution in [0.25, 0.3) is 33.1 Å². The van der Waals surface area contributed by atoms with E-state index in [1.807, 2.05) is 36.4 Å². The Bertz CT molecular complexity index is 1240. The Morgan fingerprint density at radius 3 is 2.65 bits per heavy atom. The second kappa shape index (κ2) is 9.66. The lowest BCUT2D eigenvalue weighted by Crippen LogP contribution is -2.28. The zero-order chi connectivity index (χ0) is 21.8. The van der Waals surface area contributed by atoms with E-state index in [1.165, 1.54) is 0 Å². The summed E-state index contributed by atoms with van der Waals surface area (Å²) in [6.07, 6.45) is 0.751. The molecule has 6 nitrogen and oxygen atoms in total. The SMILES string of the molecule is O=C(NCCCNCCO)c1cc2c([nH]c3ccccc32)c(-c2ccc(Cl)c(Cl)c2)n1. The fourth-order valence-corrected chi connectivity index (χ4v) is 3.82. The molecule has 2 aromatic heterocycles. The molecule has 2 heterocycles. The van der Waals surface area contributed by atoms with Crippen molar-refractivity contribution in [3.63, 3.8) is 0 Å². The molecule has 0 aliphatic rings. The van der Waals surface area contributed by atoms with Gasteiger partial charge < -0.3 is 20.7 Å². The van der Waals surface area contributed by atoms with Gasteiger partial charge >= 0.3 is 0 Å². The molecule has 0 saturated carbocycles. The van der Waals surface area contributed by atoms with Crippen LogP contribution in [-0.2, 0) is 0 Å². The normalized spacial score (nSPS) is 11.3. The largest absolute Gasteiger partial charge is 0.395 e. The van der Waals surface area contributed by atoms with Crippen LogP contribution in [-0.4, -0.2) is 47.2 Å². The van der Waals surface area contributed by atoms with E-state index < -0.39 is 0 Å². The summed E-state index contributed by atoms with van der Waals surface area (Å²) >= 11 is 12.3. The number of halogens is 2. The molecule has 31 heavy (non-hydrogen) atoms. The summed E-state index contributed by atoms with van der Waals surface area (Å²) in [5, 5.41) is 17.6. The van der Waals surface area contributed by atoms with Crippen molar-refractivity contribution in [1.29, 1.82) is 0 Å². The summed E-state index contributed by atoms with van der Waals surface area (Å²) in [7, 11) is 0. The number of fused-ring (bicyclic) bond motifs is 3. The highest BCUT2D eigenvalue weighted by Gasteiger charge is 2.17. The molecule has 0 saturated heterocycles. The van der Waals surface area contributed by atoms with Crippen molar-refractivity contribution in [2.75, 3.05) is 26.2 Å². The van der Waals surface area contributed by atoms with Crippen LogP contribution >= 0.6 is 23.2 Å². The van der Waals surface area contributed by atoms with Crippen LogP contribution in [0, 0.1) is 0 Å². The minimum Gasteiger partial charge on any atom is -0.395 e. The molecule has 0 atom stereocenters. The molecule has 160 valence electrons. The quantitative estimate of drug-likeness (QED) is 0.296. The molecule has 8 heteroatoms. The number of aliphatic hydroxyl groups excluding tert-OH is 1. The average molecular weight is 457 g/mol.